The highest BCUT2D eigenvalue weighted by molar-refractivity contribution is 5.91. The largest absolute Gasteiger partial charge is 0.467 e. The molecule has 0 fully saturated rings. The normalized spacial score (nSPS) is 10.3. The number of rotatable bonds is 4. The fourth-order valence-electron chi connectivity index (χ4n) is 1.56. The van der Waals surface area contributed by atoms with Gasteiger partial charge in [0.05, 0.1) is 24.4 Å². The lowest BCUT2D eigenvalue weighted by Crippen LogP contribution is -2.19. The summed E-state index contributed by atoms with van der Waals surface area (Å²) >= 11 is 0. The average molecular weight is 252 g/mol. The first-order chi connectivity index (χ1) is 9.29. The molecule has 1 aromatic carbocycles. The molecule has 0 aliphatic carbocycles. The molecule has 19 heavy (non-hydrogen) atoms. The standard InChI is InChI=1S/C15H12N2O2/c16-10-13-5-2-1-4-12(13)7-8-15(18)17-11-14-6-3-9-19-14/h1-9H,11H2,(H,17,18)/b8-7+. The van der Waals surface area contributed by atoms with E-state index in [1.54, 1.807) is 42.7 Å². The van der Waals surface area contributed by atoms with Crippen molar-refractivity contribution in [1.82, 2.24) is 5.32 Å². The Morgan fingerprint density at radius 1 is 1.32 bits per heavy atom. The Balaban J connectivity index is 1.95. The van der Waals surface area contributed by atoms with Gasteiger partial charge in [-0.05, 0) is 29.8 Å². The van der Waals surface area contributed by atoms with Gasteiger partial charge >= 0.3 is 0 Å². The van der Waals surface area contributed by atoms with Crippen molar-refractivity contribution in [2.75, 3.05) is 0 Å². The number of hydrogen-bond donors (Lipinski definition) is 1. The van der Waals surface area contributed by atoms with Crippen LogP contribution < -0.4 is 5.32 Å². The van der Waals surface area contributed by atoms with Gasteiger partial charge in [-0.2, -0.15) is 5.26 Å². The number of nitrogens with zero attached hydrogens (tertiary/aromatic N) is 1. The highest BCUT2D eigenvalue weighted by atomic mass is 16.3. The zero-order chi connectivity index (χ0) is 13.5. The monoisotopic (exact) mass is 252 g/mol. The molecule has 0 aliphatic rings. The van der Waals surface area contributed by atoms with Gasteiger partial charge < -0.3 is 9.73 Å². The van der Waals surface area contributed by atoms with E-state index in [1.165, 1.54) is 6.08 Å². The zero-order valence-electron chi connectivity index (χ0n) is 10.2. The molecule has 0 bridgehead atoms. The van der Waals surface area contributed by atoms with Crippen LogP contribution in [-0.4, -0.2) is 5.91 Å². The molecule has 94 valence electrons. The molecule has 4 nitrogen and oxygen atoms in total. The molecular weight excluding hydrogens is 240 g/mol. The Hall–Kier alpha value is -2.80. The number of furan rings is 1. The van der Waals surface area contributed by atoms with E-state index in [0.717, 1.165) is 5.56 Å². The second-order valence-corrected chi connectivity index (χ2v) is 3.83. The van der Waals surface area contributed by atoms with Crippen LogP contribution in [0.1, 0.15) is 16.9 Å². The fraction of sp³-hybridized carbons (Fsp3) is 0.0667. The van der Waals surface area contributed by atoms with E-state index in [9.17, 15) is 4.79 Å². The number of nitrogens with one attached hydrogen (secondary N) is 1. The van der Waals surface area contributed by atoms with Crippen molar-refractivity contribution in [2.24, 2.45) is 0 Å². The van der Waals surface area contributed by atoms with E-state index in [1.807, 2.05) is 6.07 Å². The van der Waals surface area contributed by atoms with Crippen LogP contribution in [0.4, 0.5) is 0 Å². The molecule has 1 N–H and O–H groups in total. The van der Waals surface area contributed by atoms with Gasteiger partial charge in [-0.25, -0.2) is 0 Å². The summed E-state index contributed by atoms with van der Waals surface area (Å²) < 4.78 is 5.10. The Morgan fingerprint density at radius 3 is 2.89 bits per heavy atom. The van der Waals surface area contributed by atoms with Crippen LogP contribution in [0.2, 0.25) is 0 Å². The molecule has 0 atom stereocenters. The third-order valence-corrected chi connectivity index (χ3v) is 2.51. The van der Waals surface area contributed by atoms with Crippen LogP contribution in [0, 0.1) is 11.3 Å². The molecule has 0 unspecified atom stereocenters. The minimum Gasteiger partial charge on any atom is -0.467 e. The third-order valence-electron chi connectivity index (χ3n) is 2.51. The first kappa shape index (κ1) is 12.7. The van der Waals surface area contributed by atoms with Crippen LogP contribution in [0.25, 0.3) is 6.08 Å². The molecule has 0 saturated heterocycles. The predicted molar refractivity (Wildman–Crippen MR) is 70.7 cm³/mol. The SMILES string of the molecule is N#Cc1ccccc1/C=C/C(=O)NCc1ccco1. The maximum Gasteiger partial charge on any atom is 0.244 e. The van der Waals surface area contributed by atoms with Gasteiger partial charge in [0.25, 0.3) is 0 Å². The molecule has 1 heterocycles. The highest BCUT2D eigenvalue weighted by Gasteiger charge is 2.00. The second kappa shape index (κ2) is 6.22. The maximum absolute atomic E-state index is 11.6. The highest BCUT2D eigenvalue weighted by Crippen LogP contribution is 2.09. The van der Waals surface area contributed by atoms with Crippen molar-refractivity contribution in [3.05, 3.63) is 65.6 Å². The Kier molecular flexibility index (Phi) is 4.14. The van der Waals surface area contributed by atoms with Gasteiger partial charge in [0.2, 0.25) is 5.91 Å². The van der Waals surface area contributed by atoms with Crippen LogP contribution >= 0.6 is 0 Å². The summed E-state index contributed by atoms with van der Waals surface area (Å²) in [5.41, 5.74) is 1.26. The van der Waals surface area contributed by atoms with E-state index in [0.29, 0.717) is 17.9 Å². The average Bonchev–Trinajstić information content (AvgIpc) is 2.96. The molecule has 2 rings (SSSR count). The third kappa shape index (κ3) is 3.58. The van der Waals surface area contributed by atoms with Gasteiger partial charge in [0.1, 0.15) is 5.76 Å². The summed E-state index contributed by atoms with van der Waals surface area (Å²) in [7, 11) is 0. The topological polar surface area (TPSA) is 66.0 Å². The molecule has 1 amide bonds. The Bertz CT molecular complexity index is 622. The van der Waals surface area contributed by atoms with Crippen molar-refractivity contribution in [1.29, 1.82) is 5.26 Å². The molecule has 1 aromatic heterocycles. The van der Waals surface area contributed by atoms with Crippen LogP contribution in [-0.2, 0) is 11.3 Å². The molecule has 0 aliphatic heterocycles. The van der Waals surface area contributed by atoms with E-state index < -0.39 is 0 Å². The summed E-state index contributed by atoms with van der Waals surface area (Å²) in [6.07, 6.45) is 4.58. The minimum atomic E-state index is -0.232. The number of hydrogen-bond acceptors (Lipinski definition) is 3. The molecule has 0 radical (unpaired) electrons. The maximum atomic E-state index is 11.6. The van der Waals surface area contributed by atoms with E-state index in [4.69, 9.17) is 9.68 Å². The van der Waals surface area contributed by atoms with Gasteiger partial charge in [-0.3, -0.25) is 4.79 Å². The fourth-order valence-corrected chi connectivity index (χ4v) is 1.56. The molecular formula is C15H12N2O2. The quantitative estimate of drug-likeness (QED) is 0.850. The Labute approximate surface area is 111 Å². The van der Waals surface area contributed by atoms with Gasteiger partial charge in [-0.1, -0.05) is 18.2 Å². The minimum absolute atomic E-state index is 0.232. The molecule has 2 aromatic rings. The van der Waals surface area contributed by atoms with E-state index >= 15 is 0 Å². The lowest BCUT2D eigenvalue weighted by molar-refractivity contribution is -0.116. The molecule has 0 spiro atoms. The molecule has 0 saturated carbocycles. The number of carbonyl (C=O) groups is 1. The number of nitriles is 1. The van der Waals surface area contributed by atoms with Crippen LogP contribution in [0.5, 0.6) is 0 Å². The number of carbonyl (C=O) groups excluding carboxylic acids is 1. The van der Waals surface area contributed by atoms with E-state index in [-0.39, 0.29) is 5.91 Å². The summed E-state index contributed by atoms with van der Waals surface area (Å²) in [4.78, 5) is 11.6. The van der Waals surface area contributed by atoms with Crippen molar-refractivity contribution in [3.8, 4) is 6.07 Å². The van der Waals surface area contributed by atoms with Gasteiger partial charge in [0.15, 0.2) is 0 Å². The number of amides is 1. The van der Waals surface area contributed by atoms with Gasteiger partial charge in [0, 0.05) is 6.08 Å². The predicted octanol–water partition coefficient (Wildman–Crippen LogP) is 2.48. The molecule has 4 heteroatoms. The summed E-state index contributed by atoms with van der Waals surface area (Å²) in [5.74, 6) is 0.461. The lowest BCUT2D eigenvalue weighted by Gasteiger charge is -1.99. The smallest absolute Gasteiger partial charge is 0.244 e. The second-order valence-electron chi connectivity index (χ2n) is 3.83. The summed E-state index contributed by atoms with van der Waals surface area (Å²) in [5, 5.41) is 11.6. The van der Waals surface area contributed by atoms with Crippen molar-refractivity contribution in [2.45, 2.75) is 6.54 Å². The van der Waals surface area contributed by atoms with Gasteiger partial charge in [-0.15, -0.1) is 0 Å². The lowest BCUT2D eigenvalue weighted by atomic mass is 10.1. The van der Waals surface area contributed by atoms with Crippen LogP contribution in [0.15, 0.2) is 53.2 Å². The summed E-state index contributed by atoms with van der Waals surface area (Å²) in [6, 6.07) is 12.7. The number of benzene rings is 1. The first-order valence-corrected chi connectivity index (χ1v) is 5.77. The van der Waals surface area contributed by atoms with Crippen molar-refractivity contribution in [3.63, 3.8) is 0 Å². The zero-order valence-corrected chi connectivity index (χ0v) is 10.2. The first-order valence-electron chi connectivity index (χ1n) is 5.77. The van der Waals surface area contributed by atoms with Crippen LogP contribution in [0.3, 0.4) is 0 Å². The summed E-state index contributed by atoms with van der Waals surface area (Å²) in [6.45, 7) is 0.343. The van der Waals surface area contributed by atoms with Crippen molar-refractivity contribution >= 4 is 12.0 Å². The Morgan fingerprint density at radius 2 is 2.16 bits per heavy atom. The van der Waals surface area contributed by atoms with E-state index in [2.05, 4.69) is 11.4 Å². The van der Waals surface area contributed by atoms with Crippen molar-refractivity contribution < 1.29 is 9.21 Å².